The summed E-state index contributed by atoms with van der Waals surface area (Å²) in [5, 5.41) is 7.26. The van der Waals surface area contributed by atoms with Crippen molar-refractivity contribution in [1.29, 1.82) is 0 Å². The maximum Gasteiger partial charge on any atom is 0.228 e. The Kier molecular flexibility index (Phi) is 6.11. The number of rotatable bonds is 7. The third-order valence-corrected chi connectivity index (χ3v) is 4.50. The fraction of sp³-hybridized carbons (Fsp3) is 0.450. The summed E-state index contributed by atoms with van der Waals surface area (Å²) in [5.41, 5.74) is 1.89. The summed E-state index contributed by atoms with van der Waals surface area (Å²) in [4.78, 5) is 26.4. The van der Waals surface area contributed by atoms with Gasteiger partial charge in [0, 0.05) is 38.5 Å². The van der Waals surface area contributed by atoms with Gasteiger partial charge in [-0.15, -0.1) is 0 Å². The number of ether oxygens (including phenoxy) is 1. The van der Waals surface area contributed by atoms with Crippen LogP contribution in [0, 0.1) is 6.92 Å². The van der Waals surface area contributed by atoms with Crippen LogP contribution >= 0.6 is 0 Å². The second-order valence-corrected chi connectivity index (χ2v) is 6.62. The molecule has 7 heteroatoms. The number of aromatic nitrogens is 2. The van der Waals surface area contributed by atoms with Gasteiger partial charge in [-0.1, -0.05) is 12.1 Å². The predicted octanol–water partition coefficient (Wildman–Crippen LogP) is 2.42. The van der Waals surface area contributed by atoms with Crippen molar-refractivity contribution >= 4 is 17.6 Å². The molecular weight excluding hydrogens is 344 g/mol. The maximum absolute atomic E-state index is 12.5. The summed E-state index contributed by atoms with van der Waals surface area (Å²) in [6.07, 6.45) is 1.25. The Morgan fingerprint density at radius 2 is 1.96 bits per heavy atom. The average Bonchev–Trinajstić information content (AvgIpc) is 3.06. The van der Waals surface area contributed by atoms with Crippen LogP contribution in [-0.4, -0.2) is 34.7 Å². The fourth-order valence-electron chi connectivity index (χ4n) is 3.17. The van der Waals surface area contributed by atoms with Crippen molar-refractivity contribution in [2.45, 2.75) is 46.2 Å². The number of nitrogens with zero attached hydrogens (tertiary/aromatic N) is 3. The van der Waals surface area contributed by atoms with Gasteiger partial charge in [-0.25, -0.2) is 4.68 Å². The Bertz CT molecular complexity index is 798. The summed E-state index contributed by atoms with van der Waals surface area (Å²) in [7, 11) is 0. The first kappa shape index (κ1) is 18.9. The van der Waals surface area contributed by atoms with Gasteiger partial charge >= 0.3 is 0 Å². The Labute approximate surface area is 159 Å². The molecule has 1 aliphatic rings. The highest BCUT2D eigenvalue weighted by Crippen LogP contribution is 2.22. The van der Waals surface area contributed by atoms with E-state index < -0.39 is 0 Å². The van der Waals surface area contributed by atoms with E-state index in [2.05, 4.69) is 10.4 Å². The van der Waals surface area contributed by atoms with Gasteiger partial charge in [-0.05, 0) is 38.0 Å². The van der Waals surface area contributed by atoms with Crippen LogP contribution in [0.15, 0.2) is 30.3 Å². The Hall–Kier alpha value is -2.83. The number of amides is 2. The lowest BCUT2D eigenvalue weighted by Gasteiger charge is -2.27. The molecule has 2 aromatic rings. The number of carbonyl (C=O) groups excluding carboxylic acids is 2. The molecule has 3 rings (SSSR count). The van der Waals surface area contributed by atoms with E-state index in [0.29, 0.717) is 19.7 Å². The molecule has 1 aromatic heterocycles. The van der Waals surface area contributed by atoms with Crippen LogP contribution < -0.4 is 15.0 Å². The zero-order valence-electron chi connectivity index (χ0n) is 15.9. The van der Waals surface area contributed by atoms with E-state index >= 15 is 0 Å². The lowest BCUT2D eigenvalue weighted by molar-refractivity contribution is -0.125. The first-order valence-corrected chi connectivity index (χ1v) is 9.40. The number of hydrogen-bond donors (Lipinski definition) is 1. The van der Waals surface area contributed by atoms with E-state index in [0.717, 1.165) is 35.8 Å². The maximum atomic E-state index is 12.5. The quantitative estimate of drug-likeness (QED) is 0.812. The van der Waals surface area contributed by atoms with Crippen LogP contribution in [0.25, 0.3) is 0 Å². The van der Waals surface area contributed by atoms with Crippen LogP contribution in [0.2, 0.25) is 0 Å². The molecule has 1 N–H and O–H groups in total. The topological polar surface area (TPSA) is 76.5 Å². The van der Waals surface area contributed by atoms with Gasteiger partial charge in [0.2, 0.25) is 11.8 Å². The van der Waals surface area contributed by atoms with Crippen molar-refractivity contribution in [2.24, 2.45) is 0 Å². The minimum Gasteiger partial charge on any atom is -0.494 e. The monoisotopic (exact) mass is 370 g/mol. The summed E-state index contributed by atoms with van der Waals surface area (Å²) >= 11 is 0. The number of fused-ring (bicyclic) bond motifs is 1. The van der Waals surface area contributed by atoms with Gasteiger partial charge in [-0.2, -0.15) is 5.10 Å². The highest BCUT2D eigenvalue weighted by molar-refractivity contribution is 5.95. The van der Waals surface area contributed by atoms with Crippen molar-refractivity contribution in [2.75, 3.05) is 18.1 Å². The molecule has 2 heterocycles. The Morgan fingerprint density at radius 1 is 1.19 bits per heavy atom. The van der Waals surface area contributed by atoms with Gasteiger partial charge < -0.3 is 10.1 Å². The van der Waals surface area contributed by atoms with E-state index in [4.69, 9.17) is 4.74 Å². The second-order valence-electron chi connectivity index (χ2n) is 6.62. The number of carbonyl (C=O) groups is 2. The molecule has 0 spiro atoms. The van der Waals surface area contributed by atoms with Crippen molar-refractivity contribution in [1.82, 2.24) is 15.1 Å². The molecule has 1 aliphatic heterocycles. The third kappa shape index (κ3) is 4.87. The molecule has 2 amide bonds. The number of anilines is 1. The molecule has 0 aliphatic carbocycles. The van der Waals surface area contributed by atoms with Gasteiger partial charge in [0.05, 0.1) is 12.3 Å². The average molecular weight is 370 g/mol. The molecule has 27 heavy (non-hydrogen) atoms. The first-order valence-electron chi connectivity index (χ1n) is 9.40. The SMILES string of the molecule is CCOc1ccc(CNC(=O)CCC(=O)N2CCCn3nc(C)cc32)cc1. The standard InChI is InChI=1S/C20H26N4O3/c1-3-27-17-7-5-16(6-8-17)14-21-18(25)9-10-20(26)23-11-4-12-24-19(23)13-15(2)22-24/h5-8,13H,3-4,9-12,14H2,1-2H3,(H,21,25). The van der Waals surface area contributed by atoms with Crippen LogP contribution in [0.4, 0.5) is 5.82 Å². The minimum absolute atomic E-state index is 0.0351. The molecular formula is C20H26N4O3. The Balaban J connectivity index is 1.46. The van der Waals surface area contributed by atoms with Crippen molar-refractivity contribution in [3.63, 3.8) is 0 Å². The summed E-state index contributed by atoms with van der Waals surface area (Å²) in [5.74, 6) is 1.48. The van der Waals surface area contributed by atoms with Crippen LogP contribution in [0.3, 0.4) is 0 Å². The fourth-order valence-corrected chi connectivity index (χ4v) is 3.17. The Morgan fingerprint density at radius 3 is 2.70 bits per heavy atom. The van der Waals surface area contributed by atoms with Crippen molar-refractivity contribution in [3.05, 3.63) is 41.6 Å². The van der Waals surface area contributed by atoms with Crippen LogP contribution in [0.5, 0.6) is 5.75 Å². The van der Waals surface area contributed by atoms with E-state index in [-0.39, 0.29) is 24.7 Å². The minimum atomic E-state index is -0.126. The summed E-state index contributed by atoms with van der Waals surface area (Å²) in [6, 6.07) is 9.54. The van der Waals surface area contributed by atoms with E-state index in [9.17, 15) is 9.59 Å². The van der Waals surface area contributed by atoms with Crippen LogP contribution in [-0.2, 0) is 22.7 Å². The molecule has 0 unspecified atom stereocenters. The predicted molar refractivity (Wildman–Crippen MR) is 103 cm³/mol. The molecule has 0 fully saturated rings. The molecule has 0 atom stereocenters. The molecule has 0 radical (unpaired) electrons. The number of benzene rings is 1. The zero-order chi connectivity index (χ0) is 19.2. The van der Waals surface area contributed by atoms with Crippen molar-refractivity contribution in [3.8, 4) is 5.75 Å². The highest BCUT2D eigenvalue weighted by atomic mass is 16.5. The highest BCUT2D eigenvalue weighted by Gasteiger charge is 2.24. The van der Waals surface area contributed by atoms with Gasteiger partial charge in [-0.3, -0.25) is 14.5 Å². The normalized spacial score (nSPS) is 13.2. The van der Waals surface area contributed by atoms with Gasteiger partial charge in [0.25, 0.3) is 0 Å². The summed E-state index contributed by atoms with van der Waals surface area (Å²) < 4.78 is 7.26. The molecule has 1 aromatic carbocycles. The zero-order valence-corrected chi connectivity index (χ0v) is 15.9. The lowest BCUT2D eigenvalue weighted by Crippen LogP contribution is -2.38. The number of hydrogen-bond acceptors (Lipinski definition) is 4. The van der Waals surface area contributed by atoms with E-state index in [1.54, 1.807) is 4.90 Å². The second kappa shape index (κ2) is 8.70. The molecule has 7 nitrogen and oxygen atoms in total. The number of nitrogens with one attached hydrogen (secondary N) is 1. The molecule has 0 bridgehead atoms. The van der Waals surface area contributed by atoms with Gasteiger partial charge in [0.1, 0.15) is 11.6 Å². The van der Waals surface area contributed by atoms with E-state index in [1.165, 1.54) is 0 Å². The first-order chi connectivity index (χ1) is 13.1. The van der Waals surface area contributed by atoms with E-state index in [1.807, 2.05) is 48.9 Å². The smallest absolute Gasteiger partial charge is 0.228 e. The number of aryl methyl sites for hydroxylation is 2. The summed E-state index contributed by atoms with van der Waals surface area (Å²) in [6.45, 7) is 6.43. The van der Waals surface area contributed by atoms with Crippen molar-refractivity contribution < 1.29 is 14.3 Å². The van der Waals surface area contributed by atoms with Gasteiger partial charge in [0.15, 0.2) is 0 Å². The van der Waals surface area contributed by atoms with Crippen LogP contribution in [0.1, 0.15) is 37.4 Å². The lowest BCUT2D eigenvalue weighted by atomic mass is 10.2. The molecule has 144 valence electrons. The third-order valence-electron chi connectivity index (χ3n) is 4.50. The molecule has 0 saturated heterocycles. The largest absolute Gasteiger partial charge is 0.494 e. The molecule has 0 saturated carbocycles.